The first-order chi connectivity index (χ1) is 17.4. The molecule has 0 aliphatic carbocycles. The summed E-state index contributed by atoms with van der Waals surface area (Å²) in [6.07, 6.45) is -3.92. The molecule has 2 heterocycles. The highest BCUT2D eigenvalue weighted by Gasteiger charge is 2.31. The second-order valence-electron chi connectivity index (χ2n) is 8.15. The molecule has 0 atom stereocenters. The highest BCUT2D eigenvalue weighted by Crippen LogP contribution is 2.32. The van der Waals surface area contributed by atoms with Crippen LogP contribution in [0.3, 0.4) is 0 Å². The average molecular weight is 509 g/mol. The van der Waals surface area contributed by atoms with E-state index < -0.39 is 35.4 Å². The molecule has 0 saturated heterocycles. The van der Waals surface area contributed by atoms with E-state index in [-0.39, 0.29) is 28.2 Å². The summed E-state index contributed by atoms with van der Waals surface area (Å²) in [7, 11) is 1.18. The number of hydrogen-bond donors (Lipinski definition) is 1. The van der Waals surface area contributed by atoms with Crippen LogP contribution in [0.5, 0.6) is 0 Å². The number of rotatable bonds is 5. The summed E-state index contributed by atoms with van der Waals surface area (Å²) in [5.41, 5.74) is -1.94. The van der Waals surface area contributed by atoms with E-state index in [1.807, 2.05) is 6.07 Å². The molecule has 4 rings (SSSR count). The number of alkyl halides is 3. The predicted octanol–water partition coefficient (Wildman–Crippen LogP) is 3.21. The monoisotopic (exact) mass is 509 g/mol. The lowest BCUT2D eigenvalue weighted by Crippen LogP contribution is -2.40. The van der Waals surface area contributed by atoms with Gasteiger partial charge in [0.1, 0.15) is 0 Å². The summed E-state index contributed by atoms with van der Waals surface area (Å²) in [4.78, 5) is 38.0. The van der Waals surface area contributed by atoms with Gasteiger partial charge in [-0.15, -0.1) is 0 Å². The summed E-state index contributed by atoms with van der Waals surface area (Å²) in [6, 6.07) is 12.2. The molecule has 0 fully saturated rings. The van der Waals surface area contributed by atoms with E-state index in [2.05, 4.69) is 5.10 Å². The molecule has 9 nitrogen and oxygen atoms in total. The third kappa shape index (κ3) is 4.54. The minimum absolute atomic E-state index is 0.00513. The Kier molecular flexibility index (Phi) is 6.31. The van der Waals surface area contributed by atoms with Gasteiger partial charge in [0.05, 0.1) is 52.4 Å². The molecule has 2 aromatic carbocycles. The van der Waals surface area contributed by atoms with Gasteiger partial charge >= 0.3 is 17.8 Å². The van der Waals surface area contributed by atoms with Crippen LogP contribution in [0.25, 0.3) is 22.6 Å². The largest absolute Gasteiger partial charge is 0.481 e. The number of nitrogens with zero attached hydrogens (tertiary/aromatic N) is 5. The SMILES string of the molecule is Cc1c(-c2c(CC(=O)O)cnn2-c2ccc(C#N)cc2)c(=O)n(C)c(=O)n1-c1cccc(C(F)(F)F)c1. The van der Waals surface area contributed by atoms with Crippen LogP contribution >= 0.6 is 0 Å². The number of nitriles is 1. The second-order valence-corrected chi connectivity index (χ2v) is 8.15. The van der Waals surface area contributed by atoms with Crippen LogP contribution in [-0.4, -0.2) is 30.0 Å². The van der Waals surface area contributed by atoms with Crippen molar-refractivity contribution in [1.82, 2.24) is 18.9 Å². The van der Waals surface area contributed by atoms with E-state index in [0.717, 1.165) is 27.3 Å². The number of halogens is 3. The molecular weight excluding hydrogens is 491 g/mol. The van der Waals surface area contributed by atoms with Crippen LogP contribution in [0.15, 0.2) is 64.3 Å². The molecule has 12 heteroatoms. The summed E-state index contributed by atoms with van der Waals surface area (Å²) < 4.78 is 43.1. The molecule has 188 valence electrons. The maximum atomic E-state index is 13.4. The van der Waals surface area contributed by atoms with Crippen molar-refractivity contribution in [3.8, 4) is 28.7 Å². The lowest BCUT2D eigenvalue weighted by atomic mass is 10.0. The fourth-order valence-electron chi connectivity index (χ4n) is 4.03. The third-order valence-corrected chi connectivity index (χ3v) is 5.79. The first kappa shape index (κ1) is 25.2. The number of aliphatic carboxylic acids is 1. The number of carboxylic acids is 1. The van der Waals surface area contributed by atoms with E-state index in [9.17, 15) is 32.7 Å². The first-order valence-electron chi connectivity index (χ1n) is 10.7. The van der Waals surface area contributed by atoms with E-state index in [1.165, 1.54) is 43.0 Å². The van der Waals surface area contributed by atoms with E-state index >= 15 is 0 Å². The molecule has 0 spiro atoms. The standard InChI is InChI=1S/C25H18F3N5O4/c1-14-21(22-16(10-20(34)35)13-30-33(22)18-8-6-15(12-29)7-9-18)23(36)31(2)24(37)32(14)19-5-3-4-17(11-19)25(26,27)28/h3-9,11,13H,10H2,1-2H3,(H,34,35). The van der Waals surface area contributed by atoms with Crippen LogP contribution < -0.4 is 11.2 Å². The van der Waals surface area contributed by atoms with Crippen LogP contribution in [0.4, 0.5) is 13.2 Å². The fourth-order valence-corrected chi connectivity index (χ4v) is 4.03. The van der Waals surface area contributed by atoms with Crippen molar-refractivity contribution in [2.75, 3.05) is 0 Å². The van der Waals surface area contributed by atoms with E-state index in [0.29, 0.717) is 11.3 Å². The Hall–Kier alpha value is -4.92. The molecule has 0 bridgehead atoms. The Bertz CT molecular complexity index is 1690. The van der Waals surface area contributed by atoms with Gasteiger partial charge in [-0.25, -0.2) is 9.48 Å². The molecule has 1 N–H and O–H groups in total. The lowest BCUT2D eigenvalue weighted by Gasteiger charge is -2.18. The minimum atomic E-state index is -4.67. The molecule has 4 aromatic rings. The number of hydrogen-bond acceptors (Lipinski definition) is 5. The van der Waals surface area contributed by atoms with Gasteiger partial charge < -0.3 is 5.11 Å². The minimum Gasteiger partial charge on any atom is -0.481 e. The molecule has 2 aromatic heterocycles. The normalized spacial score (nSPS) is 11.4. The fraction of sp³-hybridized carbons (Fsp3) is 0.160. The Morgan fingerprint density at radius 1 is 1.11 bits per heavy atom. The van der Waals surface area contributed by atoms with Crippen LogP contribution in [0.1, 0.15) is 22.4 Å². The summed E-state index contributed by atoms with van der Waals surface area (Å²) >= 11 is 0. The van der Waals surface area contributed by atoms with Crippen molar-refractivity contribution in [2.24, 2.45) is 7.05 Å². The van der Waals surface area contributed by atoms with Gasteiger partial charge in [0.2, 0.25) is 0 Å². The highest BCUT2D eigenvalue weighted by atomic mass is 19.4. The molecule has 0 aliphatic rings. The van der Waals surface area contributed by atoms with Crippen LogP contribution in [-0.2, 0) is 24.4 Å². The number of carboxylic acid groups (broad SMARTS) is 1. The summed E-state index contributed by atoms with van der Waals surface area (Å²) in [5.74, 6) is -1.21. The zero-order valence-corrected chi connectivity index (χ0v) is 19.4. The number of carbonyl (C=O) groups is 1. The van der Waals surface area contributed by atoms with Crippen molar-refractivity contribution < 1.29 is 23.1 Å². The maximum Gasteiger partial charge on any atom is 0.416 e. The predicted molar refractivity (Wildman–Crippen MR) is 126 cm³/mol. The van der Waals surface area contributed by atoms with Crippen molar-refractivity contribution in [3.05, 3.63) is 98.0 Å². The smallest absolute Gasteiger partial charge is 0.416 e. The Morgan fingerprint density at radius 2 is 1.78 bits per heavy atom. The first-order valence-corrected chi connectivity index (χ1v) is 10.7. The van der Waals surface area contributed by atoms with Gasteiger partial charge in [0.25, 0.3) is 5.56 Å². The van der Waals surface area contributed by atoms with E-state index in [1.54, 1.807) is 12.1 Å². The Labute approximate surface area is 206 Å². The highest BCUT2D eigenvalue weighted by molar-refractivity contribution is 5.76. The molecule has 0 saturated carbocycles. The number of aromatic nitrogens is 4. The van der Waals surface area contributed by atoms with Crippen molar-refractivity contribution in [2.45, 2.75) is 19.5 Å². The second kappa shape index (κ2) is 9.27. The van der Waals surface area contributed by atoms with Crippen LogP contribution in [0.2, 0.25) is 0 Å². The molecule has 0 aliphatic heterocycles. The maximum absolute atomic E-state index is 13.4. The number of benzene rings is 2. The third-order valence-electron chi connectivity index (χ3n) is 5.79. The van der Waals surface area contributed by atoms with Gasteiger partial charge in [-0.3, -0.25) is 18.7 Å². The van der Waals surface area contributed by atoms with Gasteiger partial charge in [-0.05, 0) is 49.4 Å². The van der Waals surface area contributed by atoms with Gasteiger partial charge in [-0.2, -0.15) is 23.5 Å². The van der Waals surface area contributed by atoms with Crippen molar-refractivity contribution >= 4 is 5.97 Å². The zero-order valence-electron chi connectivity index (χ0n) is 19.4. The Balaban J connectivity index is 2.07. The topological polar surface area (TPSA) is 123 Å². The van der Waals surface area contributed by atoms with Crippen LogP contribution in [0, 0.1) is 18.3 Å². The van der Waals surface area contributed by atoms with Gasteiger partial charge in [0, 0.05) is 18.3 Å². The Morgan fingerprint density at radius 3 is 2.38 bits per heavy atom. The van der Waals surface area contributed by atoms with Gasteiger partial charge in [0.15, 0.2) is 0 Å². The molecule has 37 heavy (non-hydrogen) atoms. The molecule has 0 amide bonds. The zero-order chi connectivity index (χ0) is 27.1. The van der Waals surface area contributed by atoms with Gasteiger partial charge in [-0.1, -0.05) is 6.07 Å². The van der Waals surface area contributed by atoms with Crippen molar-refractivity contribution in [3.63, 3.8) is 0 Å². The van der Waals surface area contributed by atoms with E-state index in [4.69, 9.17) is 5.26 Å². The molecular formula is C25H18F3N5O4. The quantitative estimate of drug-likeness (QED) is 0.441. The summed E-state index contributed by atoms with van der Waals surface area (Å²) in [6.45, 7) is 1.39. The molecule has 0 unspecified atom stereocenters. The molecule has 0 radical (unpaired) electrons. The summed E-state index contributed by atoms with van der Waals surface area (Å²) in [5, 5.41) is 22.8. The van der Waals surface area contributed by atoms with Crippen molar-refractivity contribution in [1.29, 1.82) is 5.26 Å². The average Bonchev–Trinajstić information content (AvgIpc) is 3.25. The lowest BCUT2D eigenvalue weighted by molar-refractivity contribution is -0.138.